The summed E-state index contributed by atoms with van der Waals surface area (Å²) in [4.78, 5) is 14.3. The van der Waals surface area contributed by atoms with Gasteiger partial charge in [-0.1, -0.05) is 0 Å². The molecule has 0 aliphatic carbocycles. The van der Waals surface area contributed by atoms with E-state index in [0.29, 0.717) is 11.3 Å². The quantitative estimate of drug-likeness (QED) is 0.738. The zero-order valence-corrected chi connectivity index (χ0v) is 8.47. The van der Waals surface area contributed by atoms with Crippen LogP contribution in [0.5, 0.6) is 0 Å². The number of carbonyl (C=O) groups is 1. The molecule has 0 radical (unpaired) electrons. The van der Waals surface area contributed by atoms with Crippen molar-refractivity contribution in [3.8, 4) is 11.5 Å². The molecule has 0 unspecified atom stereocenters. The zero-order valence-electron chi connectivity index (χ0n) is 8.47. The van der Waals surface area contributed by atoms with Crippen LogP contribution in [0.25, 0.3) is 11.5 Å². The minimum Gasteiger partial charge on any atom is -0.475 e. The number of anilines is 1. The molecule has 0 atom stereocenters. The first kappa shape index (κ1) is 10.2. The summed E-state index contributed by atoms with van der Waals surface area (Å²) >= 11 is 0. The van der Waals surface area contributed by atoms with Crippen LogP contribution < -0.4 is 5.73 Å². The minimum absolute atomic E-state index is 0.167. The Hall–Kier alpha value is -2.37. The van der Waals surface area contributed by atoms with Crippen LogP contribution in [0, 0.1) is 6.92 Å². The summed E-state index contributed by atoms with van der Waals surface area (Å²) in [6, 6.07) is 5.16. The van der Waals surface area contributed by atoms with Crippen molar-refractivity contribution in [2.75, 3.05) is 5.73 Å². The van der Waals surface area contributed by atoms with E-state index in [-0.39, 0.29) is 11.7 Å². The molecule has 2 aromatic rings. The third kappa shape index (κ3) is 1.72. The highest BCUT2D eigenvalue weighted by atomic mass is 16.5. The van der Waals surface area contributed by atoms with Gasteiger partial charge in [0.2, 0.25) is 0 Å². The molecule has 0 bridgehead atoms. The first-order valence-corrected chi connectivity index (χ1v) is 4.51. The highest BCUT2D eigenvalue weighted by Gasteiger charge is 2.14. The first-order valence-electron chi connectivity index (χ1n) is 4.51. The topological polar surface area (TPSA) is 102 Å². The Morgan fingerprint density at radius 3 is 2.81 bits per heavy atom. The van der Waals surface area contributed by atoms with E-state index in [9.17, 15) is 4.79 Å². The van der Waals surface area contributed by atoms with Gasteiger partial charge in [-0.25, -0.2) is 4.79 Å². The molecule has 0 fully saturated rings. The van der Waals surface area contributed by atoms with E-state index in [2.05, 4.69) is 10.1 Å². The van der Waals surface area contributed by atoms with Gasteiger partial charge in [0.1, 0.15) is 0 Å². The molecule has 0 saturated heterocycles. The lowest BCUT2D eigenvalue weighted by Crippen LogP contribution is -1.98. The number of nitrogens with zero attached hydrogens (tertiary/aromatic N) is 2. The Morgan fingerprint density at radius 1 is 1.50 bits per heavy atom. The molecule has 1 aromatic heterocycles. The third-order valence-corrected chi connectivity index (χ3v) is 2.13. The Kier molecular flexibility index (Phi) is 2.32. The number of nitrogens with two attached hydrogens (primary N) is 1. The van der Waals surface area contributed by atoms with Crippen molar-refractivity contribution < 1.29 is 14.4 Å². The lowest BCUT2D eigenvalue weighted by Gasteiger charge is -2.00. The van der Waals surface area contributed by atoms with Crippen LogP contribution in [-0.2, 0) is 0 Å². The van der Waals surface area contributed by atoms with Gasteiger partial charge in [-0.3, -0.25) is 0 Å². The number of carboxylic acids is 1. The molecule has 1 heterocycles. The smallest absolute Gasteiger partial charge is 0.377 e. The van der Waals surface area contributed by atoms with Gasteiger partial charge in [0.15, 0.2) is 0 Å². The van der Waals surface area contributed by atoms with Gasteiger partial charge in [0.25, 0.3) is 11.7 Å². The summed E-state index contributed by atoms with van der Waals surface area (Å²) in [6.07, 6.45) is 0. The lowest BCUT2D eigenvalue weighted by atomic mass is 10.1. The Bertz CT molecular complexity index is 548. The Labute approximate surface area is 90.7 Å². The molecule has 82 valence electrons. The van der Waals surface area contributed by atoms with Crippen molar-refractivity contribution in [2.24, 2.45) is 0 Å². The number of hydrogen-bond donors (Lipinski definition) is 2. The predicted octanol–water partition coefficient (Wildman–Crippen LogP) is 1.33. The highest BCUT2D eigenvalue weighted by molar-refractivity contribution is 5.83. The van der Waals surface area contributed by atoms with E-state index in [4.69, 9.17) is 15.4 Å². The van der Waals surface area contributed by atoms with Gasteiger partial charge in [0.05, 0.1) is 0 Å². The van der Waals surface area contributed by atoms with E-state index < -0.39 is 5.97 Å². The fraction of sp³-hybridized carbons (Fsp3) is 0.100. The summed E-state index contributed by atoms with van der Waals surface area (Å²) in [6.45, 7) is 1.84. The van der Waals surface area contributed by atoms with E-state index in [1.54, 1.807) is 18.2 Å². The zero-order chi connectivity index (χ0) is 11.7. The molecule has 2 rings (SSSR count). The standard InChI is InChI=1S/C10H9N3O3/c1-5-4-6(2-3-7(5)11)9-12-8(10(14)15)13-16-9/h2-4H,11H2,1H3,(H,14,15). The minimum atomic E-state index is -1.22. The second-order valence-electron chi connectivity index (χ2n) is 3.30. The second kappa shape index (κ2) is 3.65. The van der Waals surface area contributed by atoms with Crippen LogP contribution in [0.1, 0.15) is 16.2 Å². The molecular weight excluding hydrogens is 210 g/mol. The average molecular weight is 219 g/mol. The molecule has 3 N–H and O–H groups in total. The van der Waals surface area contributed by atoms with Gasteiger partial charge in [0, 0.05) is 11.3 Å². The summed E-state index contributed by atoms with van der Waals surface area (Å²) in [7, 11) is 0. The summed E-state index contributed by atoms with van der Waals surface area (Å²) in [5.74, 6) is -1.41. The maximum Gasteiger partial charge on any atom is 0.377 e. The average Bonchev–Trinajstić information content (AvgIpc) is 2.71. The maximum absolute atomic E-state index is 10.6. The van der Waals surface area contributed by atoms with E-state index >= 15 is 0 Å². The van der Waals surface area contributed by atoms with Crippen molar-refractivity contribution in [1.82, 2.24) is 10.1 Å². The van der Waals surface area contributed by atoms with Crippen LogP contribution in [0.15, 0.2) is 22.7 Å². The number of aryl methyl sites for hydroxylation is 1. The summed E-state index contributed by atoms with van der Waals surface area (Å²) < 4.78 is 4.82. The van der Waals surface area contributed by atoms with Crippen molar-refractivity contribution in [3.63, 3.8) is 0 Å². The molecule has 1 aromatic carbocycles. The first-order chi connectivity index (χ1) is 7.58. The number of nitrogen functional groups attached to an aromatic ring is 1. The van der Waals surface area contributed by atoms with Crippen LogP contribution >= 0.6 is 0 Å². The fourth-order valence-electron chi connectivity index (χ4n) is 1.24. The second-order valence-corrected chi connectivity index (χ2v) is 3.30. The number of hydrogen-bond acceptors (Lipinski definition) is 5. The third-order valence-electron chi connectivity index (χ3n) is 2.13. The van der Waals surface area contributed by atoms with Gasteiger partial charge in [-0.15, -0.1) is 0 Å². The van der Waals surface area contributed by atoms with Crippen LogP contribution in [0.2, 0.25) is 0 Å². The molecule has 0 spiro atoms. The normalized spacial score (nSPS) is 10.3. The molecule has 0 saturated carbocycles. The molecule has 6 heteroatoms. The Morgan fingerprint density at radius 2 is 2.25 bits per heavy atom. The summed E-state index contributed by atoms with van der Waals surface area (Å²) in [5.41, 5.74) is 7.83. The molecule has 16 heavy (non-hydrogen) atoms. The Balaban J connectivity index is 2.42. The van der Waals surface area contributed by atoms with Gasteiger partial charge in [-0.05, 0) is 35.8 Å². The highest BCUT2D eigenvalue weighted by Crippen LogP contribution is 2.21. The van der Waals surface area contributed by atoms with Crippen LogP contribution in [0.4, 0.5) is 5.69 Å². The number of benzene rings is 1. The molecular formula is C10H9N3O3. The van der Waals surface area contributed by atoms with Gasteiger partial charge >= 0.3 is 5.97 Å². The van der Waals surface area contributed by atoms with E-state index in [1.807, 2.05) is 6.92 Å². The van der Waals surface area contributed by atoms with Crippen molar-refractivity contribution in [1.29, 1.82) is 0 Å². The fourth-order valence-corrected chi connectivity index (χ4v) is 1.24. The maximum atomic E-state index is 10.6. The monoisotopic (exact) mass is 219 g/mol. The van der Waals surface area contributed by atoms with Crippen molar-refractivity contribution in [3.05, 3.63) is 29.6 Å². The predicted molar refractivity (Wildman–Crippen MR) is 55.8 cm³/mol. The molecule has 6 nitrogen and oxygen atoms in total. The van der Waals surface area contributed by atoms with Crippen LogP contribution in [-0.4, -0.2) is 21.2 Å². The number of aromatic carboxylic acids is 1. The van der Waals surface area contributed by atoms with Crippen molar-refractivity contribution in [2.45, 2.75) is 6.92 Å². The van der Waals surface area contributed by atoms with Crippen LogP contribution in [0.3, 0.4) is 0 Å². The van der Waals surface area contributed by atoms with Gasteiger partial charge in [-0.2, -0.15) is 4.98 Å². The number of rotatable bonds is 2. The number of aromatic nitrogens is 2. The van der Waals surface area contributed by atoms with Gasteiger partial charge < -0.3 is 15.4 Å². The number of carboxylic acid groups (broad SMARTS) is 1. The summed E-state index contributed by atoms with van der Waals surface area (Å²) in [5, 5.41) is 12.0. The SMILES string of the molecule is Cc1cc(-c2nc(C(=O)O)no2)ccc1N. The van der Waals surface area contributed by atoms with E-state index in [1.165, 1.54) is 0 Å². The van der Waals surface area contributed by atoms with Crippen molar-refractivity contribution >= 4 is 11.7 Å². The molecule has 0 amide bonds. The largest absolute Gasteiger partial charge is 0.475 e. The molecule has 0 aliphatic heterocycles. The lowest BCUT2D eigenvalue weighted by molar-refractivity contribution is 0.0680. The molecule has 0 aliphatic rings. The van der Waals surface area contributed by atoms with E-state index in [0.717, 1.165) is 5.56 Å².